The molecule has 0 radical (unpaired) electrons. The number of hydrogen-bond donors (Lipinski definition) is 3. The first kappa shape index (κ1) is 14.8. The first-order chi connectivity index (χ1) is 10.9. The molecule has 0 aliphatic rings. The Bertz CT molecular complexity index is 956. The largest absolute Gasteiger partial charge is 0.323 e. The Morgan fingerprint density at radius 3 is 2.70 bits per heavy atom. The molecule has 0 aliphatic heterocycles. The summed E-state index contributed by atoms with van der Waals surface area (Å²) in [5, 5.41) is 8.02. The average molecular weight is 312 g/mol. The lowest BCUT2D eigenvalue weighted by Gasteiger charge is -2.09. The molecule has 8 nitrogen and oxygen atoms in total. The van der Waals surface area contributed by atoms with Crippen LogP contribution in [-0.4, -0.2) is 25.6 Å². The number of benzene rings is 1. The van der Waals surface area contributed by atoms with Gasteiger partial charge in [0.15, 0.2) is 0 Å². The average Bonchev–Trinajstić information content (AvgIpc) is 2.84. The number of anilines is 2. The zero-order valence-electron chi connectivity index (χ0n) is 13.0. The van der Waals surface area contributed by atoms with Crippen molar-refractivity contribution < 1.29 is 4.79 Å². The van der Waals surface area contributed by atoms with Gasteiger partial charge in [-0.15, -0.1) is 0 Å². The molecule has 2 aromatic heterocycles. The third kappa shape index (κ3) is 2.91. The fourth-order valence-electron chi connectivity index (χ4n) is 2.27. The summed E-state index contributed by atoms with van der Waals surface area (Å²) >= 11 is 0. The van der Waals surface area contributed by atoms with E-state index in [4.69, 9.17) is 0 Å². The summed E-state index contributed by atoms with van der Waals surface area (Å²) in [7, 11) is 0. The van der Waals surface area contributed by atoms with Crippen LogP contribution in [0.5, 0.6) is 0 Å². The molecule has 0 atom stereocenters. The minimum absolute atomic E-state index is 0.108. The van der Waals surface area contributed by atoms with E-state index in [0.717, 1.165) is 5.56 Å². The van der Waals surface area contributed by atoms with Crippen LogP contribution in [0.2, 0.25) is 0 Å². The van der Waals surface area contributed by atoms with Gasteiger partial charge in [0.25, 0.3) is 11.3 Å². The van der Waals surface area contributed by atoms with E-state index in [1.807, 2.05) is 25.1 Å². The molecule has 0 fully saturated rings. The van der Waals surface area contributed by atoms with E-state index >= 15 is 0 Å². The molecule has 0 saturated carbocycles. The Morgan fingerprint density at radius 2 is 1.96 bits per heavy atom. The summed E-state index contributed by atoms with van der Waals surface area (Å²) in [6.45, 7) is 5.30. The minimum Gasteiger partial charge on any atom is -0.308 e. The van der Waals surface area contributed by atoms with Crippen LogP contribution in [-0.2, 0) is 0 Å². The molecular formula is C15H16N6O2. The maximum Gasteiger partial charge on any atom is 0.323 e. The molecule has 2 amide bonds. The Kier molecular flexibility index (Phi) is 3.57. The molecule has 0 bridgehead atoms. The van der Waals surface area contributed by atoms with Gasteiger partial charge in [0.05, 0.1) is 5.69 Å². The highest BCUT2D eigenvalue weighted by Gasteiger charge is 2.14. The van der Waals surface area contributed by atoms with Crippen LogP contribution in [0.25, 0.3) is 5.78 Å². The lowest BCUT2D eigenvalue weighted by Crippen LogP contribution is -2.28. The molecule has 0 unspecified atom stereocenters. The minimum atomic E-state index is -0.506. The molecular weight excluding hydrogens is 296 g/mol. The number of hydrogen-bond acceptors (Lipinski definition) is 4. The van der Waals surface area contributed by atoms with Crippen LogP contribution in [0.3, 0.4) is 0 Å². The van der Waals surface area contributed by atoms with E-state index in [-0.39, 0.29) is 11.5 Å². The summed E-state index contributed by atoms with van der Waals surface area (Å²) < 4.78 is 1.20. The number of fused-ring (bicyclic) bond motifs is 1. The fourth-order valence-corrected chi connectivity index (χ4v) is 2.27. The molecule has 2 heterocycles. The van der Waals surface area contributed by atoms with Crippen LogP contribution in [0.4, 0.5) is 16.2 Å². The molecule has 0 saturated heterocycles. The number of carbonyl (C=O) groups is 1. The standard InChI is InChI=1S/C15H16N6O2/c1-8-5-4-6-11(7-8)18-15(23)19-12-9(2)16-14-17-10(3)20-21(14)13(12)22/h4-7H,1-3H3,(H,16,17,20)(H2,18,19,23). The number of carbonyl (C=O) groups excluding carboxylic acids is 1. The Hall–Kier alpha value is -3.16. The van der Waals surface area contributed by atoms with Gasteiger partial charge in [-0.1, -0.05) is 12.1 Å². The Morgan fingerprint density at radius 1 is 1.17 bits per heavy atom. The van der Waals surface area contributed by atoms with Gasteiger partial charge in [-0.3, -0.25) is 9.89 Å². The lowest BCUT2D eigenvalue weighted by atomic mass is 10.2. The van der Waals surface area contributed by atoms with Crippen molar-refractivity contribution in [3.05, 3.63) is 51.7 Å². The molecule has 0 spiro atoms. The van der Waals surface area contributed by atoms with Gasteiger partial charge in [0.2, 0.25) is 0 Å². The van der Waals surface area contributed by atoms with Gasteiger partial charge in [-0.05, 0) is 38.5 Å². The topological polar surface area (TPSA) is 104 Å². The molecule has 8 heteroatoms. The van der Waals surface area contributed by atoms with Gasteiger partial charge in [0.1, 0.15) is 11.5 Å². The molecule has 3 aromatic rings. The molecule has 1 aromatic carbocycles. The second kappa shape index (κ2) is 5.56. The van der Waals surface area contributed by atoms with Gasteiger partial charge >= 0.3 is 6.03 Å². The predicted molar refractivity (Wildman–Crippen MR) is 86.9 cm³/mol. The van der Waals surface area contributed by atoms with Gasteiger partial charge < -0.3 is 10.6 Å². The second-order valence-corrected chi connectivity index (χ2v) is 5.27. The summed E-state index contributed by atoms with van der Waals surface area (Å²) in [5.74, 6) is 0.838. The Balaban J connectivity index is 1.89. The van der Waals surface area contributed by atoms with Crippen LogP contribution in [0, 0.1) is 20.8 Å². The molecule has 3 N–H and O–H groups in total. The number of amides is 2. The SMILES string of the molecule is Cc1cccc(NC(=O)Nc2c(C)nc3nc(C)[nH]n3c2=O)c1. The normalized spacial score (nSPS) is 10.7. The summed E-state index contributed by atoms with van der Waals surface area (Å²) in [5.41, 5.74) is 1.77. The van der Waals surface area contributed by atoms with Gasteiger partial charge in [-0.2, -0.15) is 9.50 Å². The van der Waals surface area contributed by atoms with Gasteiger partial charge in [0, 0.05) is 5.69 Å². The first-order valence-corrected chi connectivity index (χ1v) is 7.04. The van der Waals surface area contributed by atoms with E-state index in [9.17, 15) is 9.59 Å². The van der Waals surface area contributed by atoms with Crippen molar-refractivity contribution in [1.82, 2.24) is 19.6 Å². The van der Waals surface area contributed by atoms with E-state index in [2.05, 4.69) is 25.7 Å². The zero-order chi connectivity index (χ0) is 16.6. The van der Waals surface area contributed by atoms with Crippen molar-refractivity contribution in [3.63, 3.8) is 0 Å². The van der Waals surface area contributed by atoms with Crippen molar-refractivity contribution in [1.29, 1.82) is 0 Å². The van der Waals surface area contributed by atoms with Crippen molar-refractivity contribution in [2.45, 2.75) is 20.8 Å². The number of nitrogens with one attached hydrogen (secondary N) is 3. The highest BCUT2D eigenvalue weighted by atomic mass is 16.2. The lowest BCUT2D eigenvalue weighted by molar-refractivity contribution is 0.262. The number of H-pyrrole nitrogens is 1. The van der Waals surface area contributed by atoms with Crippen LogP contribution < -0.4 is 16.2 Å². The van der Waals surface area contributed by atoms with E-state index in [1.54, 1.807) is 19.9 Å². The third-order valence-electron chi connectivity index (χ3n) is 3.30. The number of aromatic amines is 1. The number of aromatic nitrogens is 4. The van der Waals surface area contributed by atoms with Crippen molar-refractivity contribution in [3.8, 4) is 0 Å². The maximum atomic E-state index is 12.4. The molecule has 3 rings (SSSR count). The van der Waals surface area contributed by atoms with Crippen molar-refractivity contribution >= 4 is 23.2 Å². The van der Waals surface area contributed by atoms with Crippen molar-refractivity contribution in [2.75, 3.05) is 10.6 Å². The third-order valence-corrected chi connectivity index (χ3v) is 3.30. The summed E-state index contributed by atoms with van der Waals surface area (Å²) in [6.07, 6.45) is 0. The van der Waals surface area contributed by atoms with Crippen LogP contribution in [0.1, 0.15) is 17.1 Å². The number of nitrogens with zero attached hydrogens (tertiary/aromatic N) is 3. The van der Waals surface area contributed by atoms with E-state index < -0.39 is 11.6 Å². The first-order valence-electron chi connectivity index (χ1n) is 7.04. The maximum absolute atomic E-state index is 12.4. The predicted octanol–water partition coefficient (Wildman–Crippen LogP) is 1.99. The fraction of sp³-hybridized carbons (Fsp3) is 0.200. The van der Waals surface area contributed by atoms with Crippen molar-refractivity contribution in [2.24, 2.45) is 0 Å². The number of urea groups is 1. The number of rotatable bonds is 2. The monoisotopic (exact) mass is 312 g/mol. The highest BCUT2D eigenvalue weighted by molar-refractivity contribution is 6.00. The number of aryl methyl sites for hydroxylation is 3. The second-order valence-electron chi connectivity index (χ2n) is 5.27. The van der Waals surface area contributed by atoms with E-state index in [0.29, 0.717) is 17.2 Å². The molecule has 118 valence electrons. The highest BCUT2D eigenvalue weighted by Crippen LogP contribution is 2.11. The molecule has 0 aliphatic carbocycles. The smallest absolute Gasteiger partial charge is 0.308 e. The van der Waals surface area contributed by atoms with Crippen LogP contribution >= 0.6 is 0 Å². The summed E-state index contributed by atoms with van der Waals surface area (Å²) in [4.78, 5) is 32.8. The quantitative estimate of drug-likeness (QED) is 0.673. The van der Waals surface area contributed by atoms with Gasteiger partial charge in [-0.25, -0.2) is 9.78 Å². The summed E-state index contributed by atoms with van der Waals surface area (Å²) in [6, 6.07) is 6.86. The van der Waals surface area contributed by atoms with Crippen LogP contribution in [0.15, 0.2) is 29.1 Å². The Labute approximate surface area is 131 Å². The zero-order valence-corrected chi connectivity index (χ0v) is 13.0. The molecule has 23 heavy (non-hydrogen) atoms. The van der Waals surface area contributed by atoms with E-state index in [1.165, 1.54) is 4.52 Å².